The molecule has 2 saturated heterocycles. The fraction of sp³-hybridized carbons (Fsp3) is 0.519. The summed E-state index contributed by atoms with van der Waals surface area (Å²) < 4.78 is 33.5. The molecule has 2 heterocycles. The van der Waals surface area contributed by atoms with Gasteiger partial charge in [-0.3, -0.25) is 9.69 Å². The average molecular weight is 500 g/mol. The van der Waals surface area contributed by atoms with Gasteiger partial charge in [0.2, 0.25) is 15.9 Å². The number of piperidine rings is 1. The van der Waals surface area contributed by atoms with Crippen molar-refractivity contribution in [3.8, 4) is 0 Å². The predicted molar refractivity (Wildman–Crippen MR) is 138 cm³/mol. The number of amides is 1. The van der Waals surface area contributed by atoms with Crippen molar-refractivity contribution in [3.63, 3.8) is 0 Å². The Morgan fingerprint density at radius 1 is 0.971 bits per heavy atom. The Hall–Kier alpha value is -2.26. The SMILES string of the molecule is Cc1cc(C)c(S(=O)(=O)N2CCC(C(=O)Nc3ccc(CCN4CCOCC4)cc3)CC2)c(C)c1. The van der Waals surface area contributed by atoms with Crippen molar-refractivity contribution in [2.45, 2.75) is 44.9 Å². The van der Waals surface area contributed by atoms with Crippen LogP contribution in [0.2, 0.25) is 0 Å². The highest BCUT2D eigenvalue weighted by atomic mass is 32.2. The highest BCUT2D eigenvalue weighted by Crippen LogP contribution is 2.29. The van der Waals surface area contributed by atoms with Crippen LogP contribution in [0.3, 0.4) is 0 Å². The summed E-state index contributed by atoms with van der Waals surface area (Å²) in [6.07, 6.45) is 2.01. The van der Waals surface area contributed by atoms with Gasteiger partial charge in [0.15, 0.2) is 0 Å². The van der Waals surface area contributed by atoms with Gasteiger partial charge in [0.05, 0.1) is 18.1 Å². The van der Waals surface area contributed by atoms with Crippen molar-refractivity contribution in [1.29, 1.82) is 0 Å². The van der Waals surface area contributed by atoms with Crippen molar-refractivity contribution in [2.24, 2.45) is 5.92 Å². The molecule has 0 atom stereocenters. The molecule has 4 rings (SSSR count). The molecule has 2 aliphatic rings. The molecule has 190 valence electrons. The second kappa shape index (κ2) is 11.2. The first-order valence-electron chi connectivity index (χ1n) is 12.5. The van der Waals surface area contributed by atoms with Gasteiger partial charge in [0.25, 0.3) is 0 Å². The maximum absolute atomic E-state index is 13.3. The van der Waals surface area contributed by atoms with E-state index in [2.05, 4.69) is 22.3 Å². The lowest BCUT2D eigenvalue weighted by Gasteiger charge is -2.31. The van der Waals surface area contributed by atoms with Crippen molar-refractivity contribution in [2.75, 3.05) is 51.3 Å². The molecule has 2 aromatic carbocycles. The molecule has 2 aliphatic heterocycles. The second-order valence-electron chi connectivity index (χ2n) is 9.80. The minimum absolute atomic E-state index is 0.0363. The quantitative estimate of drug-likeness (QED) is 0.631. The maximum Gasteiger partial charge on any atom is 0.243 e. The fourth-order valence-corrected chi connectivity index (χ4v) is 7.05. The summed E-state index contributed by atoms with van der Waals surface area (Å²) in [7, 11) is -3.58. The summed E-state index contributed by atoms with van der Waals surface area (Å²) in [6.45, 7) is 11.0. The van der Waals surface area contributed by atoms with E-state index >= 15 is 0 Å². The molecule has 0 spiro atoms. The number of benzene rings is 2. The molecule has 7 nitrogen and oxygen atoms in total. The molecule has 1 N–H and O–H groups in total. The van der Waals surface area contributed by atoms with E-state index in [0.717, 1.165) is 61.6 Å². The van der Waals surface area contributed by atoms with Crippen molar-refractivity contribution < 1.29 is 17.9 Å². The van der Waals surface area contributed by atoms with Crippen LogP contribution >= 0.6 is 0 Å². The summed E-state index contributed by atoms with van der Waals surface area (Å²) in [5, 5.41) is 3.02. The van der Waals surface area contributed by atoms with Crippen LogP contribution in [0, 0.1) is 26.7 Å². The molecule has 8 heteroatoms. The number of nitrogens with zero attached hydrogens (tertiary/aromatic N) is 2. The lowest BCUT2D eigenvalue weighted by Crippen LogP contribution is -2.41. The Balaban J connectivity index is 1.29. The van der Waals surface area contributed by atoms with Crippen LogP contribution in [0.15, 0.2) is 41.3 Å². The first kappa shape index (κ1) is 25.8. The van der Waals surface area contributed by atoms with Crippen LogP contribution < -0.4 is 5.32 Å². The number of aryl methyl sites for hydroxylation is 3. The Morgan fingerprint density at radius 3 is 2.17 bits per heavy atom. The van der Waals surface area contributed by atoms with Crippen LogP contribution in [0.25, 0.3) is 0 Å². The number of ether oxygens (including phenoxy) is 1. The Labute approximate surface area is 209 Å². The number of sulfonamides is 1. The normalized spacial score (nSPS) is 18.5. The molecule has 0 aliphatic carbocycles. The van der Waals surface area contributed by atoms with Gasteiger partial charge in [-0.2, -0.15) is 4.31 Å². The number of carbonyl (C=O) groups excluding carboxylic acids is 1. The van der Waals surface area contributed by atoms with Gasteiger partial charge in [0.1, 0.15) is 0 Å². The number of carbonyl (C=O) groups is 1. The van der Waals surface area contributed by atoms with Gasteiger partial charge in [-0.1, -0.05) is 29.8 Å². The van der Waals surface area contributed by atoms with Gasteiger partial charge >= 0.3 is 0 Å². The lowest BCUT2D eigenvalue weighted by molar-refractivity contribution is -0.120. The molecule has 0 radical (unpaired) electrons. The zero-order valence-corrected chi connectivity index (χ0v) is 21.9. The molecular formula is C27H37N3O4S. The van der Waals surface area contributed by atoms with Crippen LogP contribution in [-0.4, -0.2) is 69.5 Å². The minimum atomic E-state index is -3.58. The van der Waals surface area contributed by atoms with Crippen molar-refractivity contribution >= 4 is 21.6 Å². The Bertz CT molecular complexity index is 1110. The number of rotatable bonds is 7. The third kappa shape index (κ3) is 6.30. The highest BCUT2D eigenvalue weighted by molar-refractivity contribution is 7.89. The first-order valence-corrected chi connectivity index (χ1v) is 14.0. The van der Waals surface area contributed by atoms with E-state index in [4.69, 9.17) is 4.74 Å². The minimum Gasteiger partial charge on any atom is -0.379 e. The topological polar surface area (TPSA) is 79.0 Å². The zero-order chi connectivity index (χ0) is 25.0. The third-order valence-electron chi connectivity index (χ3n) is 7.07. The fourth-order valence-electron chi connectivity index (χ4n) is 5.17. The molecule has 0 unspecified atom stereocenters. The highest BCUT2D eigenvalue weighted by Gasteiger charge is 2.33. The number of morpholine rings is 1. The van der Waals surface area contributed by atoms with Gasteiger partial charge in [-0.25, -0.2) is 8.42 Å². The average Bonchev–Trinajstić information content (AvgIpc) is 2.83. The summed E-state index contributed by atoms with van der Waals surface area (Å²) in [5.41, 5.74) is 4.63. The van der Waals surface area contributed by atoms with Gasteiger partial charge in [-0.05, 0) is 68.9 Å². The van der Waals surface area contributed by atoms with E-state index in [1.807, 2.05) is 45.0 Å². The van der Waals surface area contributed by atoms with E-state index in [9.17, 15) is 13.2 Å². The largest absolute Gasteiger partial charge is 0.379 e. The van der Waals surface area contributed by atoms with Crippen LogP contribution in [-0.2, 0) is 26.0 Å². The molecule has 0 bridgehead atoms. The standard InChI is InChI=1S/C27H37N3O4S/c1-20-18-21(2)26(22(3)19-20)35(32,33)30-12-9-24(10-13-30)27(31)28-25-6-4-23(5-7-25)8-11-29-14-16-34-17-15-29/h4-7,18-19,24H,8-17H2,1-3H3,(H,28,31). The first-order chi connectivity index (χ1) is 16.7. The van der Waals surface area contributed by atoms with E-state index in [1.165, 1.54) is 9.87 Å². The molecule has 1 amide bonds. The van der Waals surface area contributed by atoms with Crippen LogP contribution in [0.5, 0.6) is 0 Å². The molecule has 35 heavy (non-hydrogen) atoms. The van der Waals surface area contributed by atoms with Gasteiger partial charge in [0, 0.05) is 44.3 Å². The van der Waals surface area contributed by atoms with Gasteiger partial charge in [-0.15, -0.1) is 0 Å². The molecule has 0 saturated carbocycles. The summed E-state index contributed by atoms with van der Waals surface area (Å²) >= 11 is 0. The van der Waals surface area contributed by atoms with E-state index in [-0.39, 0.29) is 11.8 Å². The maximum atomic E-state index is 13.3. The van der Waals surface area contributed by atoms with Crippen molar-refractivity contribution in [1.82, 2.24) is 9.21 Å². The summed E-state index contributed by atoms with van der Waals surface area (Å²) in [4.78, 5) is 15.7. The van der Waals surface area contributed by atoms with E-state index in [0.29, 0.717) is 30.8 Å². The van der Waals surface area contributed by atoms with E-state index < -0.39 is 10.0 Å². The van der Waals surface area contributed by atoms with Crippen LogP contribution in [0.1, 0.15) is 35.1 Å². The number of hydrogen-bond donors (Lipinski definition) is 1. The zero-order valence-electron chi connectivity index (χ0n) is 21.0. The summed E-state index contributed by atoms with van der Waals surface area (Å²) in [6, 6.07) is 11.9. The van der Waals surface area contributed by atoms with Crippen LogP contribution in [0.4, 0.5) is 5.69 Å². The second-order valence-corrected chi connectivity index (χ2v) is 11.7. The summed E-state index contributed by atoms with van der Waals surface area (Å²) in [5.74, 6) is -0.228. The number of hydrogen-bond acceptors (Lipinski definition) is 5. The predicted octanol–water partition coefficient (Wildman–Crippen LogP) is 3.53. The Morgan fingerprint density at radius 2 is 1.57 bits per heavy atom. The molecule has 2 aromatic rings. The lowest BCUT2D eigenvalue weighted by atomic mass is 9.97. The third-order valence-corrected chi connectivity index (χ3v) is 9.27. The molecule has 0 aromatic heterocycles. The monoisotopic (exact) mass is 499 g/mol. The smallest absolute Gasteiger partial charge is 0.243 e. The van der Waals surface area contributed by atoms with Crippen molar-refractivity contribution in [3.05, 3.63) is 58.7 Å². The molecular weight excluding hydrogens is 462 g/mol. The molecule has 2 fully saturated rings. The van der Waals surface area contributed by atoms with E-state index in [1.54, 1.807) is 0 Å². The number of anilines is 1. The van der Waals surface area contributed by atoms with Gasteiger partial charge < -0.3 is 10.1 Å². The number of nitrogens with one attached hydrogen (secondary N) is 1. The Kier molecular flexibility index (Phi) is 8.27.